The third-order valence-electron chi connectivity index (χ3n) is 5.38. The van der Waals surface area contributed by atoms with Crippen LogP contribution in [0.15, 0.2) is 63.5 Å². The molecule has 2 heterocycles. The Hall–Kier alpha value is -3.69. The lowest BCUT2D eigenvalue weighted by molar-refractivity contribution is -0.136. The number of hydrogen-bond donors (Lipinski definition) is 0. The molecule has 35 heavy (non-hydrogen) atoms. The number of allylic oxidation sites excluding steroid dienone is 1. The van der Waals surface area contributed by atoms with E-state index in [0.29, 0.717) is 31.2 Å². The fourth-order valence-electron chi connectivity index (χ4n) is 3.83. The Bertz CT molecular complexity index is 1550. The molecule has 0 spiro atoms. The summed E-state index contributed by atoms with van der Waals surface area (Å²) in [7, 11) is 2.70. The summed E-state index contributed by atoms with van der Waals surface area (Å²) in [5.74, 6) is -0.626. The van der Waals surface area contributed by atoms with Gasteiger partial charge in [0.05, 0.1) is 36.1 Å². The number of ether oxygens (including phenoxy) is 3. The fraction of sp³-hybridized carbons (Fsp3) is 0.200. The minimum absolute atomic E-state index is 0.214. The standard InChI is InChI=1S/C25H21ClN2O6S/c1-13-21(24(31)33-4)22(16-9-10-18(34-14(2)29)19(11-16)32-3)28-23(30)20(35-25(28)27-13)12-15-7-5-6-8-17(15)26/h5-12,22H,1-4H3/b20-12-. The Kier molecular flexibility index (Phi) is 6.90. The van der Waals surface area contributed by atoms with Crippen LogP contribution in [0, 0.1) is 0 Å². The molecule has 0 amide bonds. The molecule has 4 rings (SSSR count). The van der Waals surface area contributed by atoms with Gasteiger partial charge in [-0.1, -0.05) is 47.2 Å². The Morgan fingerprint density at radius 3 is 2.54 bits per heavy atom. The van der Waals surface area contributed by atoms with Crippen LogP contribution in [-0.2, 0) is 14.3 Å². The molecule has 0 saturated carbocycles. The highest BCUT2D eigenvalue weighted by Gasteiger charge is 2.33. The van der Waals surface area contributed by atoms with Crippen LogP contribution in [0.4, 0.5) is 0 Å². The predicted octanol–water partition coefficient (Wildman–Crippen LogP) is 3.00. The number of carbonyl (C=O) groups excluding carboxylic acids is 2. The van der Waals surface area contributed by atoms with Crippen molar-refractivity contribution in [1.82, 2.24) is 4.57 Å². The first-order chi connectivity index (χ1) is 16.7. The highest BCUT2D eigenvalue weighted by Crippen LogP contribution is 2.36. The molecule has 8 nitrogen and oxygen atoms in total. The van der Waals surface area contributed by atoms with E-state index in [0.717, 1.165) is 0 Å². The lowest BCUT2D eigenvalue weighted by Crippen LogP contribution is -2.39. The molecule has 1 atom stereocenters. The first kappa shape index (κ1) is 24.4. The number of halogens is 1. The second kappa shape index (κ2) is 9.89. The Morgan fingerprint density at radius 2 is 1.89 bits per heavy atom. The van der Waals surface area contributed by atoms with E-state index >= 15 is 0 Å². The van der Waals surface area contributed by atoms with Crippen LogP contribution in [0.25, 0.3) is 6.08 Å². The summed E-state index contributed by atoms with van der Waals surface area (Å²) >= 11 is 7.48. The van der Waals surface area contributed by atoms with Gasteiger partial charge in [-0.2, -0.15) is 0 Å². The summed E-state index contributed by atoms with van der Waals surface area (Å²) in [5, 5.41) is 0.507. The number of rotatable bonds is 5. The normalized spacial score (nSPS) is 15.3. The molecule has 2 aromatic carbocycles. The summed E-state index contributed by atoms with van der Waals surface area (Å²) in [4.78, 5) is 42.8. The van der Waals surface area contributed by atoms with E-state index in [2.05, 4.69) is 4.99 Å². The van der Waals surface area contributed by atoms with E-state index < -0.39 is 18.0 Å². The Morgan fingerprint density at radius 1 is 1.14 bits per heavy atom. The van der Waals surface area contributed by atoms with Gasteiger partial charge in [0.1, 0.15) is 0 Å². The first-order valence-corrected chi connectivity index (χ1v) is 11.7. The molecular weight excluding hydrogens is 492 g/mol. The monoisotopic (exact) mass is 512 g/mol. The maximum atomic E-state index is 13.6. The number of hydrogen-bond acceptors (Lipinski definition) is 8. The van der Waals surface area contributed by atoms with Crippen molar-refractivity contribution >= 4 is 41.0 Å². The number of fused-ring (bicyclic) bond motifs is 1. The van der Waals surface area contributed by atoms with Crippen LogP contribution in [-0.4, -0.2) is 30.7 Å². The van der Waals surface area contributed by atoms with Gasteiger partial charge < -0.3 is 14.2 Å². The van der Waals surface area contributed by atoms with Crippen molar-refractivity contribution in [3.63, 3.8) is 0 Å². The van der Waals surface area contributed by atoms with Gasteiger partial charge in [-0.3, -0.25) is 14.2 Å². The lowest BCUT2D eigenvalue weighted by Gasteiger charge is -2.25. The summed E-state index contributed by atoms with van der Waals surface area (Å²) in [5.41, 5.74) is 1.54. The summed E-state index contributed by atoms with van der Waals surface area (Å²) < 4.78 is 17.5. The SMILES string of the molecule is COC(=O)C1=C(C)N=c2s/c(=C\c3ccccc3Cl)c(=O)n2C1c1ccc(OC(C)=O)c(OC)c1. The van der Waals surface area contributed by atoms with Gasteiger partial charge in [0.25, 0.3) is 5.56 Å². The van der Waals surface area contributed by atoms with Crippen molar-refractivity contribution in [3.05, 3.63) is 89.6 Å². The fourth-order valence-corrected chi connectivity index (χ4v) is 5.06. The van der Waals surface area contributed by atoms with Crippen LogP contribution in [0.1, 0.15) is 31.0 Å². The number of carbonyl (C=O) groups is 2. The number of thiazole rings is 1. The second-order valence-corrected chi connectivity index (χ2v) is 9.02. The van der Waals surface area contributed by atoms with Crippen LogP contribution in [0.3, 0.4) is 0 Å². The number of benzene rings is 2. The number of methoxy groups -OCH3 is 2. The smallest absolute Gasteiger partial charge is 0.338 e. The first-order valence-electron chi connectivity index (χ1n) is 10.5. The molecule has 1 unspecified atom stereocenters. The van der Waals surface area contributed by atoms with Gasteiger partial charge in [-0.15, -0.1) is 0 Å². The zero-order chi connectivity index (χ0) is 25.3. The summed E-state index contributed by atoms with van der Waals surface area (Å²) in [6, 6.07) is 11.2. The molecular formula is C25H21ClN2O6S. The molecule has 1 aliphatic heterocycles. The summed E-state index contributed by atoms with van der Waals surface area (Å²) in [6.45, 7) is 2.97. The van der Waals surface area contributed by atoms with Crippen molar-refractivity contribution < 1.29 is 23.8 Å². The minimum Gasteiger partial charge on any atom is -0.493 e. The number of aromatic nitrogens is 1. The molecule has 0 radical (unpaired) electrons. The molecule has 10 heteroatoms. The van der Waals surface area contributed by atoms with E-state index in [-0.39, 0.29) is 22.6 Å². The third-order valence-corrected chi connectivity index (χ3v) is 6.70. The van der Waals surface area contributed by atoms with Gasteiger partial charge in [-0.25, -0.2) is 9.79 Å². The van der Waals surface area contributed by atoms with E-state index in [1.807, 2.05) is 12.1 Å². The van der Waals surface area contributed by atoms with Crippen molar-refractivity contribution in [2.75, 3.05) is 14.2 Å². The zero-order valence-corrected chi connectivity index (χ0v) is 20.9. The van der Waals surface area contributed by atoms with E-state index in [9.17, 15) is 14.4 Å². The molecule has 1 aliphatic rings. The van der Waals surface area contributed by atoms with Crippen LogP contribution >= 0.6 is 22.9 Å². The predicted molar refractivity (Wildman–Crippen MR) is 132 cm³/mol. The maximum Gasteiger partial charge on any atom is 0.338 e. The van der Waals surface area contributed by atoms with Crippen molar-refractivity contribution in [1.29, 1.82) is 0 Å². The number of nitrogens with zero attached hydrogens (tertiary/aromatic N) is 2. The lowest BCUT2D eigenvalue weighted by atomic mass is 9.95. The van der Waals surface area contributed by atoms with Crippen molar-refractivity contribution in [2.24, 2.45) is 4.99 Å². The molecule has 0 aliphatic carbocycles. The van der Waals surface area contributed by atoms with Gasteiger partial charge >= 0.3 is 11.9 Å². The topological polar surface area (TPSA) is 96.2 Å². The third kappa shape index (κ3) is 4.65. The van der Waals surface area contributed by atoms with E-state index in [1.54, 1.807) is 43.3 Å². The Balaban J connectivity index is 1.97. The van der Waals surface area contributed by atoms with E-state index in [4.69, 9.17) is 25.8 Å². The largest absolute Gasteiger partial charge is 0.493 e. The van der Waals surface area contributed by atoms with Gasteiger partial charge in [0, 0.05) is 11.9 Å². The highest BCUT2D eigenvalue weighted by molar-refractivity contribution is 7.07. The highest BCUT2D eigenvalue weighted by atomic mass is 35.5. The van der Waals surface area contributed by atoms with E-state index in [1.165, 1.54) is 37.0 Å². The molecule has 1 aromatic heterocycles. The van der Waals surface area contributed by atoms with Crippen LogP contribution in [0.5, 0.6) is 11.5 Å². The number of esters is 2. The molecule has 3 aromatic rings. The van der Waals surface area contributed by atoms with Gasteiger partial charge in [0.15, 0.2) is 16.3 Å². The van der Waals surface area contributed by atoms with Crippen molar-refractivity contribution in [3.8, 4) is 11.5 Å². The summed E-state index contributed by atoms with van der Waals surface area (Å²) in [6.07, 6.45) is 1.70. The molecule has 0 saturated heterocycles. The van der Waals surface area contributed by atoms with Gasteiger partial charge in [-0.05, 0) is 42.3 Å². The molecule has 0 fully saturated rings. The molecule has 0 N–H and O–H groups in total. The minimum atomic E-state index is -0.840. The average Bonchev–Trinajstić information content (AvgIpc) is 3.13. The van der Waals surface area contributed by atoms with Crippen molar-refractivity contribution in [2.45, 2.75) is 19.9 Å². The maximum absolute atomic E-state index is 13.6. The average molecular weight is 513 g/mol. The van der Waals surface area contributed by atoms with Crippen LogP contribution in [0.2, 0.25) is 5.02 Å². The van der Waals surface area contributed by atoms with Crippen LogP contribution < -0.4 is 24.4 Å². The Labute approximate surface area is 209 Å². The molecule has 180 valence electrons. The second-order valence-electron chi connectivity index (χ2n) is 7.60. The van der Waals surface area contributed by atoms with Gasteiger partial charge in [0.2, 0.25) is 0 Å². The zero-order valence-electron chi connectivity index (χ0n) is 19.3. The quantitative estimate of drug-likeness (QED) is 0.385. The molecule has 0 bridgehead atoms.